The van der Waals surface area contributed by atoms with Gasteiger partial charge in [0.15, 0.2) is 11.7 Å². The molecule has 3 heterocycles. The molecule has 1 N–H and O–H groups in total. The zero-order chi connectivity index (χ0) is 35.9. The molecule has 0 radical (unpaired) electrons. The first-order chi connectivity index (χ1) is 26.1. The van der Waals surface area contributed by atoms with Crippen LogP contribution in [0.2, 0.25) is 0 Å². The van der Waals surface area contributed by atoms with Crippen molar-refractivity contribution in [3.8, 4) is 5.69 Å². The van der Waals surface area contributed by atoms with Gasteiger partial charge in [0.05, 0.1) is 27.6 Å². The van der Waals surface area contributed by atoms with Crippen molar-refractivity contribution < 1.29 is 0 Å². The van der Waals surface area contributed by atoms with E-state index in [4.69, 9.17) is 5.41 Å². The molecule has 0 aliphatic heterocycles. The number of nitrogens with zero attached hydrogens (tertiary/aromatic N) is 4. The first-order valence-electron chi connectivity index (χ1n) is 17.7. The van der Waals surface area contributed by atoms with Gasteiger partial charge in [-0.25, -0.2) is 9.98 Å². The van der Waals surface area contributed by atoms with Crippen molar-refractivity contribution in [3.05, 3.63) is 193 Å². The molecule has 5 nitrogen and oxygen atoms in total. The van der Waals surface area contributed by atoms with E-state index >= 15 is 0 Å². The second kappa shape index (κ2) is 13.2. The van der Waals surface area contributed by atoms with E-state index < -0.39 is 0 Å². The monoisotopic (exact) mass is 681 g/mol. The van der Waals surface area contributed by atoms with Crippen molar-refractivity contribution in [2.75, 3.05) is 0 Å². The lowest BCUT2D eigenvalue weighted by Gasteiger charge is -2.11. The highest BCUT2D eigenvalue weighted by atomic mass is 15.0. The predicted octanol–water partition coefficient (Wildman–Crippen LogP) is 12.0. The summed E-state index contributed by atoms with van der Waals surface area (Å²) in [7, 11) is 0. The maximum atomic E-state index is 8.57. The molecule has 0 spiro atoms. The third kappa shape index (κ3) is 5.47. The smallest absolute Gasteiger partial charge is 0.161 e. The summed E-state index contributed by atoms with van der Waals surface area (Å²) in [5, 5.41) is 15.9. The summed E-state index contributed by atoms with van der Waals surface area (Å²) < 4.78 is 4.77. The fourth-order valence-electron chi connectivity index (χ4n) is 7.59. The molecule has 3 aromatic heterocycles. The normalized spacial score (nSPS) is 11.8. The van der Waals surface area contributed by atoms with Gasteiger partial charge >= 0.3 is 0 Å². The molecule has 0 aliphatic rings. The lowest BCUT2D eigenvalue weighted by Crippen LogP contribution is -2.04. The number of fused-ring (bicyclic) bond motifs is 12. The number of rotatable bonds is 3. The van der Waals surface area contributed by atoms with Crippen LogP contribution in [-0.2, 0) is 0 Å². The molecule has 0 atom stereocenters. The number of aromatic nitrogens is 2. The number of hydrogen-bond acceptors (Lipinski definition) is 1. The van der Waals surface area contributed by atoms with Gasteiger partial charge in [0.25, 0.3) is 0 Å². The molecule has 0 amide bonds. The highest BCUT2D eigenvalue weighted by molar-refractivity contribution is 6.25. The first kappa shape index (κ1) is 31.8. The van der Waals surface area contributed by atoms with E-state index in [-0.39, 0.29) is 5.84 Å². The van der Waals surface area contributed by atoms with Crippen LogP contribution in [0, 0.1) is 12.3 Å². The summed E-state index contributed by atoms with van der Waals surface area (Å²) in [5.41, 5.74) is 9.66. The molecular formula is C48H35N5. The van der Waals surface area contributed by atoms with Crippen molar-refractivity contribution in [2.24, 2.45) is 9.98 Å². The summed E-state index contributed by atoms with van der Waals surface area (Å²) in [6.07, 6.45) is 0. The molecule has 0 fully saturated rings. The minimum Gasteiger partial charge on any atom is -0.309 e. The van der Waals surface area contributed by atoms with Crippen LogP contribution in [0.25, 0.3) is 65.6 Å². The van der Waals surface area contributed by atoms with E-state index in [1.165, 1.54) is 54.4 Å². The van der Waals surface area contributed by atoms with Crippen molar-refractivity contribution in [1.82, 2.24) is 8.97 Å². The van der Waals surface area contributed by atoms with Gasteiger partial charge in [-0.1, -0.05) is 145 Å². The molecule has 0 saturated heterocycles. The van der Waals surface area contributed by atoms with Crippen molar-refractivity contribution in [3.63, 3.8) is 0 Å². The van der Waals surface area contributed by atoms with Crippen LogP contribution < -0.4 is 0 Å². The van der Waals surface area contributed by atoms with Crippen LogP contribution in [0.5, 0.6) is 0 Å². The van der Waals surface area contributed by atoms with Crippen LogP contribution >= 0.6 is 0 Å². The average Bonchev–Trinajstić information content (AvgIpc) is 3.77. The van der Waals surface area contributed by atoms with E-state index in [0.717, 1.165) is 27.8 Å². The number of hydrogen-bond donors (Lipinski definition) is 1. The maximum absolute atomic E-state index is 8.57. The quantitative estimate of drug-likeness (QED) is 0.110. The summed E-state index contributed by atoms with van der Waals surface area (Å²) in [6.45, 7) is 5.88. The molecular weight excluding hydrogens is 647 g/mol. The molecule has 53 heavy (non-hydrogen) atoms. The Labute approximate surface area is 306 Å². The number of para-hydroxylation sites is 2. The summed E-state index contributed by atoms with van der Waals surface area (Å²) >= 11 is 0. The lowest BCUT2D eigenvalue weighted by atomic mass is 10.1. The van der Waals surface area contributed by atoms with E-state index in [0.29, 0.717) is 5.84 Å². The van der Waals surface area contributed by atoms with Crippen LogP contribution in [0.3, 0.4) is 0 Å². The predicted molar refractivity (Wildman–Crippen MR) is 225 cm³/mol. The molecule has 0 aliphatic carbocycles. The van der Waals surface area contributed by atoms with Gasteiger partial charge in [0, 0.05) is 43.7 Å². The maximum Gasteiger partial charge on any atom is 0.161 e. The van der Waals surface area contributed by atoms with Crippen LogP contribution in [0.1, 0.15) is 16.7 Å². The Morgan fingerprint density at radius 3 is 1.83 bits per heavy atom. The zero-order valence-electron chi connectivity index (χ0n) is 29.2. The van der Waals surface area contributed by atoms with Crippen molar-refractivity contribution in [2.45, 2.75) is 6.92 Å². The standard InChI is InChI=1S/C41H27N5.C7H8/c1-43-41(44-40(42)26-12-3-2-4-13-26)28-14-11-15-29(24-28)45-35-21-10-8-19-33(35)38-36(45)23-22-27-25-37-32-18-6-5-16-30(32)31-17-7-9-20-34(31)46(37)39(27)38;1-7-5-3-2-4-6-7/h2-25,42H,1H2;2-6H,1H3. The van der Waals surface area contributed by atoms with E-state index in [9.17, 15) is 0 Å². The van der Waals surface area contributed by atoms with Gasteiger partial charge in [-0.15, -0.1) is 0 Å². The van der Waals surface area contributed by atoms with Crippen LogP contribution in [0.4, 0.5) is 0 Å². The summed E-state index contributed by atoms with van der Waals surface area (Å²) in [5.74, 6) is 0.558. The highest BCUT2D eigenvalue weighted by Gasteiger charge is 2.20. The third-order valence-electron chi connectivity index (χ3n) is 9.95. The van der Waals surface area contributed by atoms with Gasteiger partial charge in [-0.2, -0.15) is 0 Å². The highest BCUT2D eigenvalue weighted by Crippen LogP contribution is 2.41. The largest absolute Gasteiger partial charge is 0.309 e. The molecule has 10 aromatic rings. The number of pyridine rings is 1. The van der Waals surface area contributed by atoms with Crippen LogP contribution in [-0.4, -0.2) is 27.4 Å². The van der Waals surface area contributed by atoms with E-state index in [2.05, 4.69) is 148 Å². The number of amidine groups is 2. The fraction of sp³-hybridized carbons (Fsp3) is 0.0208. The van der Waals surface area contributed by atoms with Gasteiger partial charge in [-0.05, 0) is 55.4 Å². The van der Waals surface area contributed by atoms with Crippen molar-refractivity contribution >= 4 is 78.3 Å². The molecule has 252 valence electrons. The zero-order valence-corrected chi connectivity index (χ0v) is 29.2. The number of nitrogens with one attached hydrogen (secondary N) is 1. The second-order valence-electron chi connectivity index (χ2n) is 13.2. The Morgan fingerprint density at radius 1 is 0.528 bits per heavy atom. The Bertz CT molecular complexity index is 3040. The Kier molecular flexibility index (Phi) is 7.94. The summed E-state index contributed by atoms with van der Waals surface area (Å²) in [6, 6.07) is 60.8. The van der Waals surface area contributed by atoms with Crippen molar-refractivity contribution in [1.29, 1.82) is 5.41 Å². The SMILES string of the molecule is C=NC(=NC(=N)c1ccccc1)c1cccc(-n2c3ccccc3c3c2ccc2cc4c5ccccc5c5ccccc5n4c23)c1.Cc1ccccc1. The number of aliphatic imine (C=N–C) groups is 2. The molecule has 10 rings (SSSR count). The minimum absolute atomic E-state index is 0.146. The molecule has 5 heteroatoms. The Morgan fingerprint density at radius 2 is 1.13 bits per heavy atom. The molecule has 0 bridgehead atoms. The van der Waals surface area contributed by atoms with E-state index in [1.54, 1.807) is 0 Å². The fourth-order valence-corrected chi connectivity index (χ4v) is 7.59. The van der Waals surface area contributed by atoms with Gasteiger partial charge in [0.2, 0.25) is 0 Å². The third-order valence-corrected chi connectivity index (χ3v) is 9.95. The molecule has 0 unspecified atom stereocenters. The number of aryl methyl sites for hydroxylation is 1. The van der Waals surface area contributed by atoms with Gasteiger partial charge in [-0.3, -0.25) is 5.41 Å². The lowest BCUT2D eigenvalue weighted by molar-refractivity contribution is 1.18. The van der Waals surface area contributed by atoms with E-state index in [1.807, 2.05) is 60.7 Å². The molecule has 7 aromatic carbocycles. The van der Waals surface area contributed by atoms with Gasteiger partial charge < -0.3 is 8.97 Å². The minimum atomic E-state index is 0.146. The Hall–Kier alpha value is -7.11. The van der Waals surface area contributed by atoms with Gasteiger partial charge in [0.1, 0.15) is 0 Å². The molecule has 0 saturated carbocycles. The van der Waals surface area contributed by atoms with Crippen LogP contribution in [0.15, 0.2) is 186 Å². The second-order valence-corrected chi connectivity index (χ2v) is 13.2. The average molecular weight is 682 g/mol. The summed E-state index contributed by atoms with van der Waals surface area (Å²) in [4.78, 5) is 8.80. The first-order valence-corrected chi connectivity index (χ1v) is 17.7. The Balaban J connectivity index is 0.000000480. The number of benzene rings is 7. The topological polar surface area (TPSA) is 57.9 Å².